The summed E-state index contributed by atoms with van der Waals surface area (Å²) in [6.45, 7) is 2.43. The van der Waals surface area contributed by atoms with Crippen LogP contribution < -0.4 is 0 Å². The van der Waals surface area contributed by atoms with Gasteiger partial charge in [-0.25, -0.2) is 4.98 Å². The number of likely N-dealkylation sites (tertiary alicyclic amines) is 1. The largest absolute Gasteiger partial charge is 0.472 e. The summed E-state index contributed by atoms with van der Waals surface area (Å²) < 4.78 is 5.04. The standard InChI is InChI=1S/C15H18N2O3S/c1-10(18)13-4-2-3-6-17(13)15(19)12-9-21-14(16-12)11-5-7-20-8-11/h5,7-10,13,18H,2-4,6H2,1H3. The molecule has 2 unspecified atom stereocenters. The Hall–Kier alpha value is -1.66. The minimum Gasteiger partial charge on any atom is -0.472 e. The van der Waals surface area contributed by atoms with E-state index < -0.39 is 6.10 Å². The highest BCUT2D eigenvalue weighted by Gasteiger charge is 2.31. The van der Waals surface area contributed by atoms with Gasteiger partial charge in [0.1, 0.15) is 17.0 Å². The summed E-state index contributed by atoms with van der Waals surface area (Å²) in [5.41, 5.74) is 1.33. The zero-order chi connectivity index (χ0) is 14.8. The number of carbonyl (C=O) groups excluding carboxylic acids is 1. The first-order chi connectivity index (χ1) is 10.2. The minimum absolute atomic E-state index is 0.0911. The molecule has 112 valence electrons. The minimum atomic E-state index is -0.513. The van der Waals surface area contributed by atoms with Crippen LogP contribution in [0.4, 0.5) is 0 Å². The molecule has 0 bridgehead atoms. The summed E-state index contributed by atoms with van der Waals surface area (Å²) in [4.78, 5) is 18.8. The third-order valence-corrected chi connectivity index (χ3v) is 4.75. The summed E-state index contributed by atoms with van der Waals surface area (Å²) in [6.07, 6.45) is 5.58. The monoisotopic (exact) mass is 306 g/mol. The average molecular weight is 306 g/mol. The van der Waals surface area contributed by atoms with Crippen LogP contribution in [0.3, 0.4) is 0 Å². The lowest BCUT2D eigenvalue weighted by Crippen LogP contribution is -2.49. The van der Waals surface area contributed by atoms with Gasteiger partial charge >= 0.3 is 0 Å². The van der Waals surface area contributed by atoms with Crippen molar-refractivity contribution < 1.29 is 14.3 Å². The van der Waals surface area contributed by atoms with Crippen molar-refractivity contribution in [3.63, 3.8) is 0 Å². The number of nitrogens with zero attached hydrogens (tertiary/aromatic N) is 2. The molecule has 1 fully saturated rings. The third-order valence-electron chi connectivity index (χ3n) is 3.86. The van der Waals surface area contributed by atoms with Crippen LogP contribution in [0.15, 0.2) is 28.4 Å². The van der Waals surface area contributed by atoms with E-state index >= 15 is 0 Å². The summed E-state index contributed by atoms with van der Waals surface area (Å²) in [7, 11) is 0. The van der Waals surface area contributed by atoms with Crippen LogP contribution in [0.2, 0.25) is 0 Å². The zero-order valence-corrected chi connectivity index (χ0v) is 12.7. The quantitative estimate of drug-likeness (QED) is 0.947. The Labute approximate surface area is 127 Å². The molecular formula is C15H18N2O3S. The molecule has 1 saturated heterocycles. The number of piperidine rings is 1. The molecule has 2 aromatic rings. The molecule has 1 aliphatic rings. The van der Waals surface area contributed by atoms with Crippen LogP contribution in [0.25, 0.3) is 10.6 Å². The highest BCUT2D eigenvalue weighted by Crippen LogP contribution is 2.27. The van der Waals surface area contributed by atoms with Gasteiger partial charge in [-0.05, 0) is 32.3 Å². The van der Waals surface area contributed by atoms with Gasteiger partial charge in [-0.1, -0.05) is 0 Å². The maximum absolute atomic E-state index is 12.6. The number of amides is 1. The second kappa shape index (κ2) is 5.99. The maximum Gasteiger partial charge on any atom is 0.273 e. The van der Waals surface area contributed by atoms with Crippen molar-refractivity contribution in [3.05, 3.63) is 29.7 Å². The van der Waals surface area contributed by atoms with Gasteiger partial charge in [0.2, 0.25) is 0 Å². The average Bonchev–Trinajstić information content (AvgIpc) is 3.17. The molecule has 5 nitrogen and oxygen atoms in total. The summed E-state index contributed by atoms with van der Waals surface area (Å²) in [5, 5.41) is 12.4. The van der Waals surface area contributed by atoms with Crippen molar-refractivity contribution in [3.8, 4) is 10.6 Å². The van der Waals surface area contributed by atoms with Gasteiger partial charge in [0.05, 0.1) is 18.4 Å². The summed E-state index contributed by atoms with van der Waals surface area (Å²) in [5.74, 6) is -0.0911. The first-order valence-corrected chi connectivity index (χ1v) is 8.02. The van der Waals surface area contributed by atoms with Crippen molar-refractivity contribution in [2.75, 3.05) is 6.54 Å². The van der Waals surface area contributed by atoms with Crippen LogP contribution in [-0.4, -0.2) is 39.6 Å². The molecule has 0 radical (unpaired) electrons. The molecule has 2 atom stereocenters. The Morgan fingerprint density at radius 2 is 2.43 bits per heavy atom. The molecule has 6 heteroatoms. The molecule has 0 saturated carbocycles. The zero-order valence-electron chi connectivity index (χ0n) is 11.9. The van der Waals surface area contributed by atoms with Gasteiger partial charge in [0, 0.05) is 17.5 Å². The van der Waals surface area contributed by atoms with E-state index in [9.17, 15) is 9.90 Å². The molecule has 2 aromatic heterocycles. The van der Waals surface area contributed by atoms with Crippen molar-refractivity contribution in [2.45, 2.75) is 38.3 Å². The lowest BCUT2D eigenvalue weighted by molar-refractivity contribution is 0.0277. The first kappa shape index (κ1) is 14.3. The first-order valence-electron chi connectivity index (χ1n) is 7.14. The van der Waals surface area contributed by atoms with E-state index in [1.807, 2.05) is 6.07 Å². The van der Waals surface area contributed by atoms with Crippen molar-refractivity contribution in [1.29, 1.82) is 0 Å². The molecule has 0 aliphatic carbocycles. The Balaban J connectivity index is 1.81. The SMILES string of the molecule is CC(O)C1CCCCN1C(=O)c1csc(-c2ccoc2)n1. The Bertz CT molecular complexity index is 606. The van der Waals surface area contributed by atoms with E-state index in [0.29, 0.717) is 12.2 Å². The fourth-order valence-corrected chi connectivity index (χ4v) is 3.53. The molecule has 0 spiro atoms. The Morgan fingerprint density at radius 3 is 3.14 bits per heavy atom. The van der Waals surface area contributed by atoms with Gasteiger partial charge in [0.15, 0.2) is 0 Å². The number of hydrogen-bond acceptors (Lipinski definition) is 5. The van der Waals surface area contributed by atoms with Crippen molar-refractivity contribution >= 4 is 17.2 Å². The number of thiazole rings is 1. The number of carbonyl (C=O) groups is 1. The number of rotatable bonds is 3. The van der Waals surface area contributed by atoms with Crippen LogP contribution >= 0.6 is 11.3 Å². The fourth-order valence-electron chi connectivity index (χ4n) is 2.75. The van der Waals surface area contributed by atoms with Crippen LogP contribution in [0, 0.1) is 0 Å². The van der Waals surface area contributed by atoms with E-state index in [-0.39, 0.29) is 11.9 Å². The molecule has 1 amide bonds. The van der Waals surface area contributed by atoms with E-state index in [4.69, 9.17) is 4.42 Å². The third kappa shape index (κ3) is 2.87. The summed E-state index contributed by atoms with van der Waals surface area (Å²) in [6, 6.07) is 1.72. The van der Waals surface area contributed by atoms with Gasteiger partial charge in [-0.3, -0.25) is 4.79 Å². The molecule has 1 N–H and O–H groups in total. The molecule has 0 aromatic carbocycles. The van der Waals surface area contributed by atoms with Crippen molar-refractivity contribution in [1.82, 2.24) is 9.88 Å². The lowest BCUT2D eigenvalue weighted by atomic mass is 9.98. The number of aromatic nitrogens is 1. The number of hydrogen-bond donors (Lipinski definition) is 1. The van der Waals surface area contributed by atoms with Crippen molar-refractivity contribution in [2.24, 2.45) is 0 Å². The smallest absolute Gasteiger partial charge is 0.273 e. The highest BCUT2D eigenvalue weighted by atomic mass is 32.1. The Morgan fingerprint density at radius 1 is 1.57 bits per heavy atom. The van der Waals surface area contributed by atoms with E-state index in [0.717, 1.165) is 29.8 Å². The predicted octanol–water partition coefficient (Wildman–Crippen LogP) is 2.78. The number of aliphatic hydroxyl groups excluding tert-OH is 1. The van der Waals surface area contributed by atoms with Crippen LogP contribution in [0.5, 0.6) is 0 Å². The van der Waals surface area contributed by atoms with Gasteiger partial charge < -0.3 is 14.4 Å². The molecule has 3 heterocycles. The highest BCUT2D eigenvalue weighted by molar-refractivity contribution is 7.13. The van der Waals surface area contributed by atoms with Crippen LogP contribution in [0.1, 0.15) is 36.7 Å². The Kier molecular flexibility index (Phi) is 4.07. The second-order valence-electron chi connectivity index (χ2n) is 5.35. The van der Waals surface area contributed by atoms with E-state index in [1.165, 1.54) is 11.3 Å². The predicted molar refractivity (Wildman–Crippen MR) is 80.2 cm³/mol. The molecule has 3 rings (SSSR count). The second-order valence-corrected chi connectivity index (χ2v) is 6.21. The van der Waals surface area contributed by atoms with Crippen LogP contribution in [-0.2, 0) is 0 Å². The van der Waals surface area contributed by atoms with E-state index in [2.05, 4.69) is 4.98 Å². The lowest BCUT2D eigenvalue weighted by Gasteiger charge is -2.37. The van der Waals surface area contributed by atoms with E-state index in [1.54, 1.807) is 29.7 Å². The molecule has 1 aliphatic heterocycles. The maximum atomic E-state index is 12.6. The van der Waals surface area contributed by atoms with Gasteiger partial charge in [-0.15, -0.1) is 11.3 Å². The number of aliphatic hydroxyl groups is 1. The molecule has 21 heavy (non-hydrogen) atoms. The normalized spacial score (nSPS) is 20.5. The summed E-state index contributed by atoms with van der Waals surface area (Å²) >= 11 is 1.43. The van der Waals surface area contributed by atoms with Gasteiger partial charge in [0.25, 0.3) is 5.91 Å². The molecular weight excluding hydrogens is 288 g/mol. The van der Waals surface area contributed by atoms with Gasteiger partial charge in [-0.2, -0.15) is 0 Å². The fraction of sp³-hybridized carbons (Fsp3) is 0.467. The topological polar surface area (TPSA) is 66.6 Å². The number of furan rings is 1.